The van der Waals surface area contributed by atoms with E-state index < -0.39 is 0 Å². The number of nitrogens with two attached hydrogens (primary N) is 1. The number of rotatable bonds is 2. The van der Waals surface area contributed by atoms with E-state index in [2.05, 4.69) is 16.0 Å². The summed E-state index contributed by atoms with van der Waals surface area (Å²) in [4.78, 5) is 8.84. The molecule has 0 saturated carbocycles. The predicted molar refractivity (Wildman–Crippen MR) is 96.8 cm³/mol. The molecule has 3 aromatic rings. The van der Waals surface area contributed by atoms with Crippen molar-refractivity contribution in [2.75, 3.05) is 5.73 Å². The summed E-state index contributed by atoms with van der Waals surface area (Å²) in [5.74, 6) is 0.567. The minimum absolute atomic E-state index is 0.117. The molecule has 118 valence electrons. The van der Waals surface area contributed by atoms with Gasteiger partial charge in [0, 0.05) is 16.1 Å². The number of benzene rings is 2. The third-order valence-electron chi connectivity index (χ3n) is 3.62. The van der Waals surface area contributed by atoms with Crippen molar-refractivity contribution in [1.29, 1.82) is 5.26 Å². The number of halogens is 2. The van der Waals surface area contributed by atoms with Crippen LogP contribution in [0.25, 0.3) is 22.6 Å². The quantitative estimate of drug-likeness (QED) is 0.711. The topological polar surface area (TPSA) is 75.6 Å². The van der Waals surface area contributed by atoms with E-state index in [0.29, 0.717) is 27.1 Å². The highest BCUT2D eigenvalue weighted by Gasteiger charge is 2.18. The number of aryl methyl sites for hydroxylation is 1. The fourth-order valence-electron chi connectivity index (χ4n) is 2.41. The van der Waals surface area contributed by atoms with Crippen LogP contribution in [-0.4, -0.2) is 9.97 Å². The Kier molecular flexibility index (Phi) is 4.39. The molecule has 0 aliphatic rings. The van der Waals surface area contributed by atoms with Gasteiger partial charge >= 0.3 is 0 Å². The van der Waals surface area contributed by atoms with Crippen molar-refractivity contribution in [2.45, 2.75) is 6.92 Å². The molecule has 4 nitrogen and oxygen atoms in total. The highest BCUT2D eigenvalue weighted by atomic mass is 35.5. The molecule has 0 radical (unpaired) electrons. The predicted octanol–water partition coefficient (Wildman–Crippen LogP) is 4.88. The Bertz CT molecular complexity index is 977. The Balaban J connectivity index is 2.29. The van der Waals surface area contributed by atoms with Crippen molar-refractivity contribution in [3.8, 4) is 28.7 Å². The molecule has 24 heavy (non-hydrogen) atoms. The molecule has 2 aromatic carbocycles. The molecule has 0 saturated heterocycles. The maximum Gasteiger partial charge on any atom is 0.162 e. The number of nitriles is 1. The van der Waals surface area contributed by atoms with Gasteiger partial charge in [0.05, 0.1) is 10.7 Å². The lowest BCUT2D eigenvalue weighted by molar-refractivity contribution is 1.16. The van der Waals surface area contributed by atoms with Crippen LogP contribution in [0.1, 0.15) is 11.1 Å². The van der Waals surface area contributed by atoms with Gasteiger partial charge < -0.3 is 5.73 Å². The second-order valence-corrected chi connectivity index (χ2v) is 6.05. The van der Waals surface area contributed by atoms with E-state index in [1.165, 1.54) is 0 Å². The average Bonchev–Trinajstić information content (AvgIpc) is 2.54. The van der Waals surface area contributed by atoms with Crippen LogP contribution in [0.5, 0.6) is 0 Å². The van der Waals surface area contributed by atoms with E-state index in [0.717, 1.165) is 11.1 Å². The molecule has 1 heterocycles. The first kappa shape index (κ1) is 16.3. The normalized spacial score (nSPS) is 10.4. The van der Waals surface area contributed by atoms with E-state index in [1.54, 1.807) is 18.2 Å². The van der Waals surface area contributed by atoms with Gasteiger partial charge in [-0.3, -0.25) is 0 Å². The Hall–Kier alpha value is -2.61. The summed E-state index contributed by atoms with van der Waals surface area (Å²) in [5.41, 5.74) is 9.02. The monoisotopic (exact) mass is 354 g/mol. The molecular weight excluding hydrogens is 343 g/mol. The Morgan fingerprint density at radius 2 is 1.79 bits per heavy atom. The molecule has 0 atom stereocenters. The standard InChI is InChI=1S/C18H12Cl2N4/c1-10-4-2-3-5-12(10)18-23-16(14(9-21)17(22)24-18)13-7-6-11(19)8-15(13)20/h2-8H,1H3,(H2,22,23,24). The summed E-state index contributed by atoms with van der Waals surface area (Å²) >= 11 is 12.2. The van der Waals surface area contributed by atoms with Gasteiger partial charge in [0.1, 0.15) is 17.5 Å². The van der Waals surface area contributed by atoms with Crippen LogP contribution >= 0.6 is 23.2 Å². The van der Waals surface area contributed by atoms with Crippen molar-refractivity contribution >= 4 is 29.0 Å². The second-order valence-electron chi connectivity index (χ2n) is 5.21. The smallest absolute Gasteiger partial charge is 0.162 e. The molecule has 0 amide bonds. The second kappa shape index (κ2) is 6.48. The van der Waals surface area contributed by atoms with Crippen molar-refractivity contribution in [1.82, 2.24) is 9.97 Å². The van der Waals surface area contributed by atoms with Gasteiger partial charge in [0.15, 0.2) is 5.82 Å². The average molecular weight is 355 g/mol. The number of aromatic nitrogens is 2. The molecule has 0 bridgehead atoms. The summed E-state index contributed by atoms with van der Waals surface area (Å²) in [6, 6.07) is 14.8. The molecule has 0 unspecified atom stereocenters. The first-order valence-electron chi connectivity index (χ1n) is 7.10. The van der Waals surface area contributed by atoms with Crippen LogP contribution in [0, 0.1) is 18.3 Å². The number of nitrogens with zero attached hydrogens (tertiary/aromatic N) is 3. The summed E-state index contributed by atoms with van der Waals surface area (Å²) in [7, 11) is 0. The van der Waals surface area contributed by atoms with Crippen molar-refractivity contribution in [3.63, 3.8) is 0 Å². The zero-order chi connectivity index (χ0) is 17.3. The maximum absolute atomic E-state index is 9.44. The molecule has 3 rings (SSSR count). The van der Waals surface area contributed by atoms with Crippen LogP contribution in [-0.2, 0) is 0 Å². The maximum atomic E-state index is 9.44. The van der Waals surface area contributed by atoms with Gasteiger partial charge in [-0.15, -0.1) is 0 Å². The van der Waals surface area contributed by atoms with Crippen LogP contribution < -0.4 is 5.73 Å². The summed E-state index contributed by atoms with van der Waals surface area (Å²) < 4.78 is 0. The highest BCUT2D eigenvalue weighted by Crippen LogP contribution is 2.34. The number of anilines is 1. The lowest BCUT2D eigenvalue weighted by Crippen LogP contribution is -2.04. The van der Waals surface area contributed by atoms with E-state index in [9.17, 15) is 5.26 Å². The van der Waals surface area contributed by atoms with Crippen molar-refractivity contribution < 1.29 is 0 Å². The van der Waals surface area contributed by atoms with E-state index in [1.807, 2.05) is 31.2 Å². The fourth-order valence-corrected chi connectivity index (χ4v) is 2.91. The molecule has 0 fully saturated rings. The van der Waals surface area contributed by atoms with Gasteiger partial charge in [-0.1, -0.05) is 47.5 Å². The Morgan fingerprint density at radius 3 is 2.46 bits per heavy atom. The van der Waals surface area contributed by atoms with Crippen LogP contribution in [0.4, 0.5) is 5.82 Å². The third kappa shape index (κ3) is 2.92. The zero-order valence-corrected chi connectivity index (χ0v) is 14.2. The molecule has 0 aliphatic carbocycles. The number of hydrogen-bond donors (Lipinski definition) is 1. The van der Waals surface area contributed by atoms with Gasteiger partial charge in [-0.2, -0.15) is 5.26 Å². The molecule has 2 N–H and O–H groups in total. The lowest BCUT2D eigenvalue weighted by Gasteiger charge is -2.11. The minimum Gasteiger partial charge on any atom is -0.382 e. The first-order chi connectivity index (χ1) is 11.5. The van der Waals surface area contributed by atoms with Crippen LogP contribution in [0.3, 0.4) is 0 Å². The van der Waals surface area contributed by atoms with Crippen molar-refractivity contribution in [3.05, 3.63) is 63.6 Å². The summed E-state index contributed by atoms with van der Waals surface area (Å²) in [6.45, 7) is 1.96. The van der Waals surface area contributed by atoms with Gasteiger partial charge in [0.25, 0.3) is 0 Å². The van der Waals surface area contributed by atoms with E-state index in [4.69, 9.17) is 28.9 Å². The summed E-state index contributed by atoms with van der Waals surface area (Å²) in [6.07, 6.45) is 0. The zero-order valence-electron chi connectivity index (χ0n) is 12.7. The minimum atomic E-state index is 0.117. The Morgan fingerprint density at radius 1 is 1.04 bits per heavy atom. The molecule has 0 spiro atoms. The van der Waals surface area contributed by atoms with E-state index >= 15 is 0 Å². The highest BCUT2D eigenvalue weighted by molar-refractivity contribution is 6.36. The van der Waals surface area contributed by atoms with Crippen molar-refractivity contribution in [2.24, 2.45) is 0 Å². The first-order valence-corrected chi connectivity index (χ1v) is 7.86. The van der Waals surface area contributed by atoms with Gasteiger partial charge in [-0.05, 0) is 30.7 Å². The Labute approximate surface area is 149 Å². The number of nitrogen functional groups attached to an aromatic ring is 1. The molecule has 6 heteroatoms. The van der Waals surface area contributed by atoms with Crippen LogP contribution in [0.15, 0.2) is 42.5 Å². The van der Waals surface area contributed by atoms with Gasteiger partial charge in [-0.25, -0.2) is 9.97 Å². The SMILES string of the molecule is Cc1ccccc1-c1nc(N)c(C#N)c(-c2ccc(Cl)cc2Cl)n1. The van der Waals surface area contributed by atoms with E-state index in [-0.39, 0.29) is 11.4 Å². The fraction of sp³-hybridized carbons (Fsp3) is 0.0556. The summed E-state index contributed by atoms with van der Waals surface area (Å²) in [5, 5.41) is 10.3. The third-order valence-corrected chi connectivity index (χ3v) is 4.17. The molecular formula is C18H12Cl2N4. The lowest BCUT2D eigenvalue weighted by atomic mass is 10.0. The largest absolute Gasteiger partial charge is 0.382 e. The molecule has 0 aliphatic heterocycles. The molecule has 1 aromatic heterocycles. The van der Waals surface area contributed by atoms with Gasteiger partial charge in [0.2, 0.25) is 0 Å². The number of hydrogen-bond acceptors (Lipinski definition) is 4. The van der Waals surface area contributed by atoms with Crippen LogP contribution in [0.2, 0.25) is 10.0 Å².